The van der Waals surface area contributed by atoms with Crippen LogP contribution in [0.15, 0.2) is 67.3 Å². The second kappa shape index (κ2) is 11.1. The smallest absolute Gasteiger partial charge is 0.0106 e. The van der Waals surface area contributed by atoms with Gasteiger partial charge in [-0.1, -0.05) is 65.3 Å². The average molecular weight is 395 g/mol. The number of aryl methyl sites for hydroxylation is 3. The van der Waals surface area contributed by atoms with Crippen molar-refractivity contribution in [1.82, 2.24) is 9.13 Å². The van der Waals surface area contributed by atoms with E-state index in [1.165, 1.54) is 29.5 Å². The van der Waals surface area contributed by atoms with Crippen molar-refractivity contribution in [1.29, 1.82) is 0 Å². The summed E-state index contributed by atoms with van der Waals surface area (Å²) in [5.74, 6) is 0. The highest BCUT2D eigenvalue weighted by Crippen LogP contribution is 2.33. The average Bonchev–Trinajstić information content (AvgIpc) is 3.35. The van der Waals surface area contributed by atoms with Gasteiger partial charge in [0.15, 0.2) is 0 Å². The summed E-state index contributed by atoms with van der Waals surface area (Å²) in [6, 6.07) is 15.1. The largest absolute Gasteiger partial charge is 0.357 e. The lowest BCUT2D eigenvalue weighted by atomic mass is 9.76. The van der Waals surface area contributed by atoms with Crippen LogP contribution in [0, 0.1) is 6.92 Å². The molecule has 0 radical (unpaired) electrons. The van der Waals surface area contributed by atoms with Crippen molar-refractivity contribution < 1.29 is 0 Å². The Bertz CT molecular complexity index is 740. The predicted octanol–water partition coefficient (Wildman–Crippen LogP) is 7.42. The molecule has 0 N–H and O–H groups in total. The monoisotopic (exact) mass is 394 g/mol. The SMILES string of the molecule is CCC(C)(C)c1cc(C)cc(C(C)(C)CC)c1.Cn1cccc1.Cn1cccc1. The fourth-order valence-electron chi connectivity index (χ4n) is 2.81. The molecule has 0 atom stereocenters. The van der Waals surface area contributed by atoms with Gasteiger partial charge < -0.3 is 9.13 Å². The molecule has 0 amide bonds. The second-order valence-electron chi connectivity index (χ2n) is 9.26. The first-order valence-electron chi connectivity index (χ1n) is 10.8. The van der Waals surface area contributed by atoms with E-state index in [1.807, 2.05) is 72.3 Å². The molecular weight excluding hydrogens is 352 g/mol. The summed E-state index contributed by atoms with van der Waals surface area (Å²) in [6.07, 6.45) is 10.4. The Labute approximate surface area is 179 Å². The quantitative estimate of drug-likeness (QED) is 0.435. The molecule has 0 aliphatic carbocycles. The number of hydrogen-bond donors (Lipinski definition) is 0. The highest BCUT2D eigenvalue weighted by molar-refractivity contribution is 5.37. The zero-order chi connectivity index (χ0) is 22.1. The molecule has 29 heavy (non-hydrogen) atoms. The van der Waals surface area contributed by atoms with Crippen molar-refractivity contribution in [2.75, 3.05) is 0 Å². The van der Waals surface area contributed by atoms with E-state index < -0.39 is 0 Å². The third-order valence-corrected chi connectivity index (χ3v) is 5.92. The standard InChI is InChI=1S/C17H28.2C5H7N/c1-8-16(4,5)14-10-13(3)11-15(12-14)17(6,7)9-2;2*1-6-4-2-3-5-6/h10-12H,8-9H2,1-7H3;2*2-5H,1H3. The van der Waals surface area contributed by atoms with Crippen molar-refractivity contribution in [3.63, 3.8) is 0 Å². The molecule has 0 fully saturated rings. The predicted molar refractivity (Wildman–Crippen MR) is 129 cm³/mol. The summed E-state index contributed by atoms with van der Waals surface area (Å²) in [7, 11) is 4.00. The van der Waals surface area contributed by atoms with Gasteiger partial charge in [0.2, 0.25) is 0 Å². The van der Waals surface area contributed by atoms with Gasteiger partial charge in [0, 0.05) is 38.9 Å². The van der Waals surface area contributed by atoms with Crippen molar-refractivity contribution in [3.8, 4) is 0 Å². The van der Waals surface area contributed by atoms with Crippen LogP contribution in [-0.4, -0.2) is 9.13 Å². The second-order valence-corrected chi connectivity index (χ2v) is 9.26. The van der Waals surface area contributed by atoms with Crippen LogP contribution in [0.25, 0.3) is 0 Å². The van der Waals surface area contributed by atoms with E-state index in [0.29, 0.717) is 0 Å². The number of aromatic nitrogens is 2. The Hall–Kier alpha value is -2.22. The minimum atomic E-state index is 0.282. The van der Waals surface area contributed by atoms with Gasteiger partial charge in [0.25, 0.3) is 0 Å². The molecule has 0 saturated carbocycles. The summed E-state index contributed by atoms with van der Waals surface area (Å²) in [5, 5.41) is 0. The summed E-state index contributed by atoms with van der Waals surface area (Å²) in [6.45, 7) is 16.1. The van der Waals surface area contributed by atoms with Gasteiger partial charge in [-0.05, 0) is 66.0 Å². The minimum Gasteiger partial charge on any atom is -0.357 e. The van der Waals surface area contributed by atoms with Crippen LogP contribution in [0.5, 0.6) is 0 Å². The van der Waals surface area contributed by atoms with Gasteiger partial charge in [0.05, 0.1) is 0 Å². The fraction of sp³-hybridized carbons (Fsp3) is 0.481. The van der Waals surface area contributed by atoms with E-state index in [4.69, 9.17) is 0 Å². The number of benzene rings is 1. The van der Waals surface area contributed by atoms with Gasteiger partial charge in [-0.3, -0.25) is 0 Å². The molecule has 2 heteroatoms. The zero-order valence-corrected chi connectivity index (χ0v) is 20.2. The number of nitrogens with zero attached hydrogens (tertiary/aromatic N) is 2. The lowest BCUT2D eigenvalue weighted by Crippen LogP contribution is -2.20. The number of rotatable bonds is 4. The van der Waals surface area contributed by atoms with Gasteiger partial charge in [-0.2, -0.15) is 0 Å². The van der Waals surface area contributed by atoms with Crippen molar-refractivity contribution in [2.24, 2.45) is 14.1 Å². The van der Waals surface area contributed by atoms with Crippen LogP contribution in [0.2, 0.25) is 0 Å². The van der Waals surface area contributed by atoms with E-state index in [0.717, 1.165) is 0 Å². The summed E-state index contributed by atoms with van der Waals surface area (Å²) in [5.41, 5.74) is 4.92. The molecule has 0 aliphatic heterocycles. The third-order valence-electron chi connectivity index (χ3n) is 5.92. The maximum atomic E-state index is 2.42. The van der Waals surface area contributed by atoms with Crippen LogP contribution in [0.1, 0.15) is 71.1 Å². The zero-order valence-electron chi connectivity index (χ0n) is 20.2. The summed E-state index contributed by atoms with van der Waals surface area (Å²) < 4.78 is 4.00. The summed E-state index contributed by atoms with van der Waals surface area (Å²) in [4.78, 5) is 0. The summed E-state index contributed by atoms with van der Waals surface area (Å²) >= 11 is 0. The molecule has 2 heterocycles. The van der Waals surface area contributed by atoms with Crippen LogP contribution >= 0.6 is 0 Å². The van der Waals surface area contributed by atoms with Crippen LogP contribution in [-0.2, 0) is 24.9 Å². The first-order valence-corrected chi connectivity index (χ1v) is 10.8. The Morgan fingerprint density at radius 2 is 0.931 bits per heavy atom. The first-order chi connectivity index (χ1) is 13.5. The Balaban J connectivity index is 0.000000281. The van der Waals surface area contributed by atoms with E-state index in [9.17, 15) is 0 Å². The normalized spacial score (nSPS) is 11.2. The van der Waals surface area contributed by atoms with E-state index >= 15 is 0 Å². The molecule has 2 nitrogen and oxygen atoms in total. The lowest BCUT2D eigenvalue weighted by Gasteiger charge is -2.29. The first kappa shape index (κ1) is 24.8. The fourth-order valence-corrected chi connectivity index (χ4v) is 2.81. The van der Waals surface area contributed by atoms with Crippen molar-refractivity contribution >= 4 is 0 Å². The van der Waals surface area contributed by atoms with Crippen molar-refractivity contribution in [2.45, 2.75) is 72.1 Å². The Morgan fingerprint density at radius 1 is 0.621 bits per heavy atom. The topological polar surface area (TPSA) is 9.86 Å². The molecule has 2 aromatic heterocycles. The molecule has 160 valence electrons. The third kappa shape index (κ3) is 8.35. The lowest BCUT2D eigenvalue weighted by molar-refractivity contribution is 0.488. The van der Waals surface area contributed by atoms with Gasteiger partial charge in [-0.15, -0.1) is 0 Å². The molecule has 0 bridgehead atoms. The van der Waals surface area contributed by atoms with E-state index in [1.54, 1.807) is 0 Å². The highest BCUT2D eigenvalue weighted by atomic mass is 14.9. The minimum absolute atomic E-state index is 0.282. The Kier molecular flexibility index (Phi) is 9.49. The van der Waals surface area contributed by atoms with Crippen LogP contribution < -0.4 is 0 Å². The number of hydrogen-bond acceptors (Lipinski definition) is 0. The maximum Gasteiger partial charge on any atom is 0.0106 e. The van der Waals surface area contributed by atoms with Crippen LogP contribution in [0.3, 0.4) is 0 Å². The van der Waals surface area contributed by atoms with Crippen molar-refractivity contribution in [3.05, 3.63) is 83.9 Å². The molecule has 1 aromatic carbocycles. The molecular formula is C27H42N2. The molecule has 0 unspecified atom stereocenters. The molecule has 3 rings (SSSR count). The van der Waals surface area contributed by atoms with Gasteiger partial charge in [-0.25, -0.2) is 0 Å². The molecule has 3 aromatic rings. The Morgan fingerprint density at radius 3 is 1.14 bits per heavy atom. The van der Waals surface area contributed by atoms with Crippen LogP contribution in [0.4, 0.5) is 0 Å². The van der Waals surface area contributed by atoms with Gasteiger partial charge >= 0.3 is 0 Å². The van der Waals surface area contributed by atoms with E-state index in [-0.39, 0.29) is 10.8 Å². The molecule has 0 spiro atoms. The highest BCUT2D eigenvalue weighted by Gasteiger charge is 2.23. The van der Waals surface area contributed by atoms with E-state index in [2.05, 4.69) is 66.7 Å². The molecule has 0 aliphatic rings. The molecule has 0 saturated heterocycles. The maximum absolute atomic E-state index is 2.42. The van der Waals surface area contributed by atoms with Gasteiger partial charge in [0.1, 0.15) is 0 Å².